The lowest BCUT2D eigenvalue weighted by atomic mass is 9.91. The van der Waals surface area contributed by atoms with Gasteiger partial charge in [-0.25, -0.2) is 4.98 Å². The number of H-pyrrole nitrogens is 1. The number of nitrogens with one attached hydrogen (secondary N) is 2. The Labute approximate surface area is 146 Å². The highest BCUT2D eigenvalue weighted by Crippen LogP contribution is 2.26. The van der Waals surface area contributed by atoms with Gasteiger partial charge in [-0.1, -0.05) is 36.8 Å². The van der Waals surface area contributed by atoms with Crippen molar-refractivity contribution in [2.24, 2.45) is 5.73 Å². The third-order valence-electron chi connectivity index (χ3n) is 5.05. The lowest BCUT2D eigenvalue weighted by molar-refractivity contribution is 0.100. The molecule has 0 bridgehead atoms. The highest BCUT2D eigenvalue weighted by molar-refractivity contribution is 6.04. The number of benzene rings is 2. The third-order valence-corrected chi connectivity index (χ3v) is 5.05. The predicted molar refractivity (Wildman–Crippen MR) is 99.2 cm³/mol. The van der Waals surface area contributed by atoms with Gasteiger partial charge in [0.15, 0.2) is 0 Å². The topological polar surface area (TPSA) is 83.8 Å². The summed E-state index contributed by atoms with van der Waals surface area (Å²) in [5.41, 5.74) is 9.57. The largest absolute Gasteiger partial charge is 0.366 e. The van der Waals surface area contributed by atoms with Crippen LogP contribution < -0.4 is 11.1 Å². The fourth-order valence-corrected chi connectivity index (χ4v) is 3.32. The molecule has 5 nitrogen and oxygen atoms in total. The van der Waals surface area contributed by atoms with Crippen LogP contribution in [0.25, 0.3) is 22.4 Å². The van der Waals surface area contributed by atoms with Crippen molar-refractivity contribution >= 4 is 16.9 Å². The maximum atomic E-state index is 11.6. The van der Waals surface area contributed by atoms with Crippen LogP contribution in [-0.4, -0.2) is 21.9 Å². The summed E-state index contributed by atoms with van der Waals surface area (Å²) in [4.78, 5) is 19.4. The molecule has 1 atom stereocenters. The molecule has 1 saturated carbocycles. The molecule has 1 heterocycles. The van der Waals surface area contributed by atoms with Gasteiger partial charge < -0.3 is 16.0 Å². The predicted octanol–water partition coefficient (Wildman–Crippen LogP) is 3.53. The minimum atomic E-state index is -0.463. The molecular weight excluding hydrogens is 312 g/mol. The molecule has 1 unspecified atom stereocenters. The first-order valence-corrected chi connectivity index (χ1v) is 8.77. The van der Waals surface area contributed by atoms with Gasteiger partial charge in [-0.15, -0.1) is 0 Å². The number of aromatic nitrogens is 2. The lowest BCUT2D eigenvalue weighted by Crippen LogP contribution is -2.36. The summed E-state index contributed by atoms with van der Waals surface area (Å²) in [5.74, 6) is 0.282. The van der Waals surface area contributed by atoms with Crippen LogP contribution in [0.4, 0.5) is 0 Å². The average molecular weight is 334 g/mol. The highest BCUT2D eigenvalue weighted by atomic mass is 16.1. The Balaban J connectivity index is 1.60. The molecule has 1 aromatic heterocycles. The van der Waals surface area contributed by atoms with Gasteiger partial charge in [-0.3, -0.25) is 4.79 Å². The van der Waals surface area contributed by atoms with Gasteiger partial charge in [0.25, 0.3) is 5.91 Å². The van der Waals surface area contributed by atoms with Crippen LogP contribution in [0.3, 0.4) is 0 Å². The molecule has 5 heteroatoms. The standard InChI is InChI=1S/C20H22N4O/c1-12(22-15-4-2-5-15)13-8-10-14(11-9-13)20-23-17-7-3-6-16(19(21)25)18(17)24-20/h3,6-12,15,22H,2,4-5H2,1H3,(H2,21,25)(H,23,24). The molecule has 0 saturated heterocycles. The van der Waals surface area contributed by atoms with Crippen LogP contribution in [-0.2, 0) is 0 Å². The van der Waals surface area contributed by atoms with Crippen LogP contribution >= 0.6 is 0 Å². The third kappa shape index (κ3) is 3.03. The maximum absolute atomic E-state index is 11.6. The van der Waals surface area contributed by atoms with E-state index in [0.29, 0.717) is 23.2 Å². The molecule has 1 aliphatic rings. The highest BCUT2D eigenvalue weighted by Gasteiger charge is 2.19. The number of primary amides is 1. The number of nitrogens with zero attached hydrogens (tertiary/aromatic N) is 1. The SMILES string of the molecule is CC(NC1CCC1)c1ccc(-c2nc3c(C(N)=O)cccc3[nH]2)cc1. The van der Waals surface area contributed by atoms with Crippen molar-refractivity contribution in [1.82, 2.24) is 15.3 Å². The summed E-state index contributed by atoms with van der Waals surface area (Å²) in [6.07, 6.45) is 3.90. The van der Waals surface area contributed by atoms with E-state index in [1.54, 1.807) is 12.1 Å². The van der Waals surface area contributed by atoms with E-state index in [1.807, 2.05) is 6.07 Å². The number of fused-ring (bicyclic) bond motifs is 1. The average Bonchev–Trinajstić information content (AvgIpc) is 3.02. The second-order valence-electron chi connectivity index (χ2n) is 6.79. The lowest BCUT2D eigenvalue weighted by Gasteiger charge is -2.30. The van der Waals surface area contributed by atoms with Crippen molar-refractivity contribution in [2.45, 2.75) is 38.3 Å². The summed E-state index contributed by atoms with van der Waals surface area (Å²) in [6.45, 7) is 2.20. The van der Waals surface area contributed by atoms with Gasteiger partial charge in [-0.05, 0) is 37.5 Å². The van der Waals surface area contributed by atoms with Crippen LogP contribution in [0.1, 0.15) is 48.1 Å². The van der Waals surface area contributed by atoms with Crippen LogP contribution in [0.15, 0.2) is 42.5 Å². The summed E-state index contributed by atoms with van der Waals surface area (Å²) in [6, 6.07) is 14.8. The van der Waals surface area contributed by atoms with E-state index < -0.39 is 5.91 Å². The Kier molecular flexibility index (Phi) is 4.01. The molecule has 0 aliphatic heterocycles. The first kappa shape index (κ1) is 15.8. The number of carbonyl (C=O) groups is 1. The number of aromatic amines is 1. The van der Waals surface area contributed by atoms with Gasteiger partial charge in [0.05, 0.1) is 11.1 Å². The molecular formula is C20H22N4O. The zero-order valence-electron chi connectivity index (χ0n) is 14.3. The van der Waals surface area contributed by atoms with Gasteiger partial charge in [0.2, 0.25) is 0 Å². The van der Waals surface area contributed by atoms with Crippen LogP contribution in [0.2, 0.25) is 0 Å². The molecule has 0 radical (unpaired) electrons. The minimum absolute atomic E-state index is 0.344. The summed E-state index contributed by atoms with van der Waals surface area (Å²) in [7, 11) is 0. The zero-order valence-corrected chi connectivity index (χ0v) is 14.3. The molecule has 1 amide bonds. The van der Waals surface area contributed by atoms with Crippen LogP contribution in [0, 0.1) is 0 Å². The van der Waals surface area contributed by atoms with Crippen molar-refractivity contribution in [3.05, 3.63) is 53.6 Å². The summed E-state index contributed by atoms with van der Waals surface area (Å²) >= 11 is 0. The van der Waals surface area contributed by atoms with E-state index in [-0.39, 0.29) is 0 Å². The Morgan fingerprint density at radius 2 is 2.00 bits per heavy atom. The maximum Gasteiger partial charge on any atom is 0.250 e. The van der Waals surface area contributed by atoms with Crippen molar-refractivity contribution in [3.63, 3.8) is 0 Å². The van der Waals surface area contributed by atoms with E-state index in [1.165, 1.54) is 24.8 Å². The van der Waals surface area contributed by atoms with Crippen molar-refractivity contribution in [3.8, 4) is 11.4 Å². The van der Waals surface area contributed by atoms with E-state index >= 15 is 0 Å². The normalized spacial score (nSPS) is 15.9. The Hall–Kier alpha value is -2.66. The number of amides is 1. The van der Waals surface area contributed by atoms with Gasteiger partial charge in [-0.2, -0.15) is 0 Å². The van der Waals surface area contributed by atoms with Gasteiger partial charge in [0.1, 0.15) is 11.3 Å². The molecule has 3 aromatic rings. The molecule has 4 rings (SSSR count). The molecule has 1 fully saturated rings. The molecule has 1 aliphatic carbocycles. The fraction of sp³-hybridized carbons (Fsp3) is 0.300. The van der Waals surface area contributed by atoms with E-state index in [2.05, 4.69) is 46.5 Å². The number of para-hydroxylation sites is 1. The molecule has 2 aromatic carbocycles. The van der Waals surface area contributed by atoms with E-state index in [9.17, 15) is 4.79 Å². The summed E-state index contributed by atoms with van der Waals surface area (Å²) in [5, 5.41) is 3.66. The second-order valence-corrected chi connectivity index (χ2v) is 6.79. The first-order valence-electron chi connectivity index (χ1n) is 8.77. The quantitative estimate of drug-likeness (QED) is 0.667. The molecule has 0 spiro atoms. The number of hydrogen-bond acceptors (Lipinski definition) is 3. The minimum Gasteiger partial charge on any atom is -0.366 e. The first-order chi connectivity index (χ1) is 12.1. The molecule has 25 heavy (non-hydrogen) atoms. The number of nitrogens with two attached hydrogens (primary N) is 1. The molecule has 128 valence electrons. The van der Waals surface area contributed by atoms with E-state index in [0.717, 1.165) is 16.9 Å². The number of carbonyl (C=O) groups excluding carboxylic acids is 1. The van der Waals surface area contributed by atoms with Gasteiger partial charge >= 0.3 is 0 Å². The fourth-order valence-electron chi connectivity index (χ4n) is 3.32. The van der Waals surface area contributed by atoms with Crippen LogP contribution in [0.5, 0.6) is 0 Å². The van der Waals surface area contributed by atoms with Crippen molar-refractivity contribution < 1.29 is 4.79 Å². The Morgan fingerprint density at radius 3 is 2.64 bits per heavy atom. The number of hydrogen-bond donors (Lipinski definition) is 3. The molecule has 4 N–H and O–H groups in total. The Morgan fingerprint density at radius 1 is 1.24 bits per heavy atom. The van der Waals surface area contributed by atoms with Crippen molar-refractivity contribution in [1.29, 1.82) is 0 Å². The summed E-state index contributed by atoms with van der Waals surface area (Å²) < 4.78 is 0. The Bertz CT molecular complexity index is 909. The second kappa shape index (κ2) is 6.33. The monoisotopic (exact) mass is 334 g/mol. The van der Waals surface area contributed by atoms with Crippen molar-refractivity contribution in [2.75, 3.05) is 0 Å². The number of imidazole rings is 1. The van der Waals surface area contributed by atoms with E-state index in [4.69, 9.17) is 5.73 Å². The number of rotatable bonds is 5. The zero-order chi connectivity index (χ0) is 17.4. The van der Waals surface area contributed by atoms with Gasteiger partial charge in [0, 0.05) is 17.6 Å². The smallest absolute Gasteiger partial charge is 0.250 e.